The molecule has 146 valence electrons. The molecule has 4 amide bonds. The molecule has 0 bridgehead atoms. The summed E-state index contributed by atoms with van der Waals surface area (Å²) in [5.41, 5.74) is 1.60. The van der Waals surface area contributed by atoms with E-state index in [1.807, 2.05) is 0 Å². The Hall–Kier alpha value is -2.94. The second-order valence-electron chi connectivity index (χ2n) is 6.09. The SMILES string of the molecule is CC[C@@]1(c2ccccc2)NC(=O)N(NC(=O)CSc2ccc(F)cc2F)C1=O. The highest BCUT2D eigenvalue weighted by atomic mass is 32.2. The Morgan fingerprint density at radius 2 is 1.89 bits per heavy atom. The molecule has 1 aliphatic rings. The molecule has 1 saturated heterocycles. The van der Waals surface area contributed by atoms with Gasteiger partial charge in [-0.1, -0.05) is 37.3 Å². The molecule has 0 spiro atoms. The molecule has 6 nitrogen and oxygen atoms in total. The molecule has 1 fully saturated rings. The zero-order valence-corrected chi connectivity index (χ0v) is 15.7. The van der Waals surface area contributed by atoms with Gasteiger partial charge in [0, 0.05) is 11.0 Å². The number of thioether (sulfide) groups is 1. The summed E-state index contributed by atoms with van der Waals surface area (Å²) in [4.78, 5) is 37.5. The van der Waals surface area contributed by atoms with Gasteiger partial charge in [-0.3, -0.25) is 15.0 Å². The van der Waals surface area contributed by atoms with Gasteiger partial charge < -0.3 is 5.32 Å². The summed E-state index contributed by atoms with van der Waals surface area (Å²) in [5, 5.41) is 3.28. The van der Waals surface area contributed by atoms with Crippen molar-refractivity contribution in [1.82, 2.24) is 15.8 Å². The third-order valence-electron chi connectivity index (χ3n) is 4.38. The predicted molar refractivity (Wildman–Crippen MR) is 99.0 cm³/mol. The van der Waals surface area contributed by atoms with E-state index in [-0.39, 0.29) is 10.6 Å². The largest absolute Gasteiger partial charge is 0.344 e. The van der Waals surface area contributed by atoms with E-state index in [0.717, 1.165) is 17.8 Å². The van der Waals surface area contributed by atoms with Crippen molar-refractivity contribution in [3.63, 3.8) is 0 Å². The lowest BCUT2D eigenvalue weighted by Crippen LogP contribution is -2.49. The molecule has 2 N–H and O–H groups in total. The quantitative estimate of drug-likeness (QED) is 0.572. The minimum Gasteiger partial charge on any atom is -0.318 e. The van der Waals surface area contributed by atoms with E-state index in [1.54, 1.807) is 37.3 Å². The minimum atomic E-state index is -1.26. The van der Waals surface area contributed by atoms with Crippen molar-refractivity contribution in [1.29, 1.82) is 0 Å². The Kier molecular flexibility index (Phi) is 5.64. The van der Waals surface area contributed by atoms with E-state index in [4.69, 9.17) is 0 Å². The fourth-order valence-corrected chi connectivity index (χ4v) is 3.64. The lowest BCUT2D eigenvalue weighted by Gasteiger charge is -2.25. The van der Waals surface area contributed by atoms with Gasteiger partial charge in [0.1, 0.15) is 17.2 Å². The summed E-state index contributed by atoms with van der Waals surface area (Å²) in [6, 6.07) is 11.0. The highest BCUT2D eigenvalue weighted by Crippen LogP contribution is 2.31. The van der Waals surface area contributed by atoms with Crippen molar-refractivity contribution in [2.24, 2.45) is 0 Å². The van der Waals surface area contributed by atoms with Crippen LogP contribution in [0, 0.1) is 11.6 Å². The minimum absolute atomic E-state index is 0.0842. The van der Waals surface area contributed by atoms with Crippen LogP contribution in [0.5, 0.6) is 0 Å². The van der Waals surface area contributed by atoms with Gasteiger partial charge >= 0.3 is 6.03 Å². The number of urea groups is 1. The molecule has 9 heteroatoms. The fraction of sp³-hybridized carbons (Fsp3) is 0.211. The number of rotatable bonds is 6. The van der Waals surface area contributed by atoms with Crippen LogP contribution >= 0.6 is 11.8 Å². The molecule has 1 aliphatic heterocycles. The highest BCUT2D eigenvalue weighted by Gasteiger charge is 2.52. The Bertz CT molecular complexity index is 926. The maximum absolute atomic E-state index is 13.6. The van der Waals surface area contributed by atoms with Crippen LogP contribution in [0.1, 0.15) is 18.9 Å². The lowest BCUT2D eigenvalue weighted by atomic mass is 9.87. The molecule has 2 aromatic rings. The number of carbonyl (C=O) groups excluding carboxylic acids is 3. The first-order valence-electron chi connectivity index (χ1n) is 8.47. The monoisotopic (exact) mass is 405 g/mol. The number of amides is 4. The average molecular weight is 405 g/mol. The third kappa shape index (κ3) is 3.70. The van der Waals surface area contributed by atoms with Gasteiger partial charge in [-0.25, -0.2) is 13.6 Å². The first-order chi connectivity index (χ1) is 13.4. The summed E-state index contributed by atoms with van der Waals surface area (Å²) >= 11 is 0.828. The van der Waals surface area contributed by atoms with Crippen molar-refractivity contribution in [3.05, 3.63) is 65.7 Å². The van der Waals surface area contributed by atoms with E-state index in [1.165, 1.54) is 6.07 Å². The molecule has 1 heterocycles. The van der Waals surface area contributed by atoms with E-state index >= 15 is 0 Å². The Morgan fingerprint density at radius 3 is 2.54 bits per heavy atom. The summed E-state index contributed by atoms with van der Waals surface area (Å²) in [6.07, 6.45) is 0.295. The topological polar surface area (TPSA) is 78.5 Å². The molecule has 0 saturated carbocycles. The molecule has 0 aromatic heterocycles. The first-order valence-corrected chi connectivity index (χ1v) is 9.45. The van der Waals surface area contributed by atoms with Gasteiger partial charge in [-0.15, -0.1) is 11.8 Å². The van der Waals surface area contributed by atoms with Crippen molar-refractivity contribution < 1.29 is 23.2 Å². The molecular formula is C19H17F2N3O3S. The van der Waals surface area contributed by atoms with Crippen LogP contribution in [-0.4, -0.2) is 28.6 Å². The summed E-state index contributed by atoms with van der Waals surface area (Å²) in [6.45, 7) is 1.75. The standard InChI is InChI=1S/C19H17F2N3O3S/c1-2-19(12-6-4-3-5-7-12)17(26)24(18(27)22-19)23-16(25)11-28-15-9-8-13(20)10-14(15)21/h3-10H,2,11H2,1H3,(H,22,27)(H,23,25)/t19-/m0/s1. The maximum atomic E-state index is 13.6. The van der Waals surface area contributed by atoms with Gasteiger partial charge in [0.15, 0.2) is 0 Å². The number of nitrogens with one attached hydrogen (secondary N) is 2. The highest BCUT2D eigenvalue weighted by molar-refractivity contribution is 8.00. The van der Waals surface area contributed by atoms with Gasteiger partial charge in [-0.2, -0.15) is 5.01 Å². The second kappa shape index (κ2) is 7.97. The van der Waals surface area contributed by atoms with Gasteiger partial charge in [0.2, 0.25) is 5.91 Å². The second-order valence-corrected chi connectivity index (χ2v) is 7.11. The van der Waals surface area contributed by atoms with Crippen LogP contribution in [0.25, 0.3) is 0 Å². The van der Waals surface area contributed by atoms with E-state index in [0.29, 0.717) is 23.1 Å². The molecule has 3 rings (SSSR count). The number of benzene rings is 2. The number of nitrogens with zero attached hydrogens (tertiary/aromatic N) is 1. The third-order valence-corrected chi connectivity index (χ3v) is 5.43. The van der Waals surface area contributed by atoms with Gasteiger partial charge in [0.25, 0.3) is 5.91 Å². The summed E-state index contributed by atoms with van der Waals surface area (Å²) in [5.74, 6) is -3.04. The number of halogens is 2. The Balaban J connectivity index is 1.69. The number of carbonyl (C=O) groups is 3. The predicted octanol–water partition coefficient (Wildman–Crippen LogP) is 2.95. The van der Waals surface area contributed by atoms with E-state index < -0.39 is 35.0 Å². The van der Waals surface area contributed by atoms with Crippen molar-refractivity contribution in [2.45, 2.75) is 23.8 Å². The summed E-state index contributed by atoms with van der Waals surface area (Å²) in [7, 11) is 0. The van der Waals surface area contributed by atoms with Crippen LogP contribution in [0.2, 0.25) is 0 Å². The lowest BCUT2D eigenvalue weighted by molar-refractivity contribution is -0.138. The van der Waals surface area contributed by atoms with Crippen molar-refractivity contribution in [2.75, 3.05) is 5.75 Å². The van der Waals surface area contributed by atoms with E-state index in [2.05, 4.69) is 10.7 Å². The zero-order valence-electron chi connectivity index (χ0n) is 14.9. The van der Waals surface area contributed by atoms with Crippen LogP contribution < -0.4 is 10.7 Å². The Morgan fingerprint density at radius 1 is 1.18 bits per heavy atom. The number of hydrazine groups is 1. The summed E-state index contributed by atoms with van der Waals surface area (Å²) < 4.78 is 26.6. The van der Waals surface area contributed by atoms with E-state index in [9.17, 15) is 23.2 Å². The number of hydrogen-bond acceptors (Lipinski definition) is 4. The van der Waals surface area contributed by atoms with Crippen molar-refractivity contribution >= 4 is 29.6 Å². The Labute approximate surface area is 164 Å². The van der Waals surface area contributed by atoms with Gasteiger partial charge in [0.05, 0.1) is 5.75 Å². The number of imide groups is 1. The van der Waals surface area contributed by atoms with Gasteiger partial charge in [-0.05, 0) is 24.1 Å². The zero-order chi connectivity index (χ0) is 20.3. The molecular weight excluding hydrogens is 388 g/mol. The van der Waals surface area contributed by atoms with Crippen LogP contribution in [0.4, 0.5) is 13.6 Å². The fourth-order valence-electron chi connectivity index (χ4n) is 2.93. The van der Waals surface area contributed by atoms with Crippen molar-refractivity contribution in [3.8, 4) is 0 Å². The average Bonchev–Trinajstić information content (AvgIpc) is 2.93. The molecule has 0 radical (unpaired) electrons. The molecule has 1 atom stereocenters. The molecule has 28 heavy (non-hydrogen) atoms. The van der Waals surface area contributed by atoms with Crippen LogP contribution in [-0.2, 0) is 15.1 Å². The first kappa shape index (κ1) is 19.8. The smallest absolute Gasteiger partial charge is 0.318 e. The normalized spacial score (nSPS) is 18.9. The van der Waals surface area contributed by atoms with Crippen LogP contribution in [0.3, 0.4) is 0 Å². The molecule has 2 aromatic carbocycles. The number of hydrogen-bond donors (Lipinski definition) is 2. The van der Waals surface area contributed by atoms with Crippen LogP contribution in [0.15, 0.2) is 53.4 Å². The molecule has 0 unspecified atom stereocenters. The maximum Gasteiger partial charge on any atom is 0.344 e. The molecule has 0 aliphatic carbocycles.